The van der Waals surface area contributed by atoms with Gasteiger partial charge in [0, 0.05) is 21.7 Å². The zero-order valence-electron chi connectivity index (χ0n) is 12.9. The molecule has 5 rings (SSSR count). The Labute approximate surface area is 144 Å². The highest BCUT2D eigenvalue weighted by molar-refractivity contribution is 6.39. The summed E-state index contributed by atoms with van der Waals surface area (Å²) in [6, 6.07) is 27.3. The molecule has 24 heavy (non-hydrogen) atoms. The van der Waals surface area contributed by atoms with Crippen molar-refractivity contribution in [3.8, 4) is 11.1 Å². The molecule has 0 saturated carbocycles. The second-order valence-electron chi connectivity index (χ2n) is 6.05. The van der Waals surface area contributed by atoms with Gasteiger partial charge in [-0.05, 0) is 34.7 Å². The maximum absolute atomic E-state index is 6.54. The van der Waals surface area contributed by atoms with Gasteiger partial charge in [-0.2, -0.15) is 0 Å². The zero-order chi connectivity index (χ0) is 16.1. The lowest BCUT2D eigenvalue weighted by molar-refractivity contribution is 1.56. The van der Waals surface area contributed by atoms with Crippen LogP contribution in [0.15, 0.2) is 78.9 Å². The molecule has 5 aromatic rings. The molecule has 0 saturated heterocycles. The van der Waals surface area contributed by atoms with Gasteiger partial charge < -0.3 is 4.98 Å². The van der Waals surface area contributed by atoms with Gasteiger partial charge in [0.1, 0.15) is 0 Å². The fraction of sp³-hybridized carbons (Fsp3) is 0. The number of benzene rings is 4. The largest absolute Gasteiger partial charge is 0.354 e. The van der Waals surface area contributed by atoms with Gasteiger partial charge in [-0.15, -0.1) is 0 Å². The smallest absolute Gasteiger partial charge is 0.0565 e. The number of hydrogen-bond donors (Lipinski definition) is 1. The highest BCUT2D eigenvalue weighted by Gasteiger charge is 2.15. The molecule has 0 aliphatic heterocycles. The summed E-state index contributed by atoms with van der Waals surface area (Å²) in [5, 5.41) is 5.49. The van der Waals surface area contributed by atoms with Gasteiger partial charge in [0.25, 0.3) is 0 Å². The van der Waals surface area contributed by atoms with Gasteiger partial charge in [-0.3, -0.25) is 0 Å². The summed E-state index contributed by atoms with van der Waals surface area (Å²) in [5.41, 5.74) is 4.70. The predicted octanol–water partition coefficient (Wildman–Crippen LogP) is 6.79. The molecule has 1 nitrogen and oxygen atoms in total. The Morgan fingerprint density at radius 2 is 1.50 bits per heavy atom. The minimum Gasteiger partial charge on any atom is -0.354 e. The topological polar surface area (TPSA) is 15.8 Å². The molecular weight excluding hydrogens is 314 g/mol. The first-order chi connectivity index (χ1) is 11.8. The van der Waals surface area contributed by atoms with E-state index in [0.717, 1.165) is 26.8 Å². The van der Waals surface area contributed by atoms with Crippen molar-refractivity contribution in [2.75, 3.05) is 0 Å². The van der Waals surface area contributed by atoms with E-state index in [4.69, 9.17) is 11.6 Å². The summed E-state index contributed by atoms with van der Waals surface area (Å²) < 4.78 is 0. The average molecular weight is 328 g/mol. The van der Waals surface area contributed by atoms with Gasteiger partial charge in [0.05, 0.1) is 10.5 Å². The molecule has 0 aliphatic carbocycles. The zero-order valence-corrected chi connectivity index (χ0v) is 13.6. The molecule has 0 unspecified atom stereocenters. The normalized spacial score (nSPS) is 11.5. The summed E-state index contributed by atoms with van der Waals surface area (Å²) >= 11 is 6.54. The Morgan fingerprint density at radius 1 is 0.708 bits per heavy atom. The van der Waals surface area contributed by atoms with E-state index in [-0.39, 0.29) is 0 Å². The third-order valence-corrected chi connectivity index (χ3v) is 4.97. The van der Waals surface area contributed by atoms with Gasteiger partial charge in [0.2, 0.25) is 0 Å². The molecule has 0 amide bonds. The van der Waals surface area contributed by atoms with Crippen molar-refractivity contribution in [2.45, 2.75) is 0 Å². The van der Waals surface area contributed by atoms with Crippen molar-refractivity contribution in [3.05, 3.63) is 83.9 Å². The van der Waals surface area contributed by atoms with Crippen molar-refractivity contribution >= 4 is 44.2 Å². The van der Waals surface area contributed by atoms with Crippen molar-refractivity contribution < 1.29 is 0 Å². The molecule has 0 aliphatic rings. The third kappa shape index (κ3) is 1.88. The lowest BCUT2D eigenvalue weighted by atomic mass is 9.95. The Bertz CT molecular complexity index is 1200. The maximum atomic E-state index is 6.54. The van der Waals surface area contributed by atoms with E-state index < -0.39 is 0 Å². The number of aromatic nitrogens is 1. The number of rotatable bonds is 1. The molecular formula is C22H14ClN. The Morgan fingerprint density at radius 3 is 2.38 bits per heavy atom. The quantitative estimate of drug-likeness (QED) is 0.348. The molecule has 1 aromatic heterocycles. The van der Waals surface area contributed by atoms with Crippen LogP contribution in [0.5, 0.6) is 0 Å². The fourth-order valence-electron chi connectivity index (χ4n) is 3.61. The van der Waals surface area contributed by atoms with Crippen LogP contribution in [-0.2, 0) is 0 Å². The second kappa shape index (κ2) is 5.12. The predicted molar refractivity (Wildman–Crippen MR) is 104 cm³/mol. The molecule has 0 atom stereocenters. The molecule has 0 radical (unpaired) electrons. The Balaban J connectivity index is 2.08. The number of nitrogens with one attached hydrogen (secondary N) is 1. The monoisotopic (exact) mass is 327 g/mol. The van der Waals surface area contributed by atoms with E-state index >= 15 is 0 Å². The van der Waals surface area contributed by atoms with Crippen LogP contribution in [0.4, 0.5) is 0 Å². The Kier molecular flexibility index (Phi) is 2.91. The van der Waals surface area contributed by atoms with Crippen LogP contribution in [0.3, 0.4) is 0 Å². The van der Waals surface area contributed by atoms with Crippen molar-refractivity contribution in [3.63, 3.8) is 0 Å². The lowest BCUT2D eigenvalue weighted by Crippen LogP contribution is -1.83. The molecule has 114 valence electrons. The van der Waals surface area contributed by atoms with Crippen LogP contribution < -0.4 is 0 Å². The van der Waals surface area contributed by atoms with Crippen molar-refractivity contribution in [1.82, 2.24) is 4.98 Å². The Hall–Kier alpha value is -2.77. The summed E-state index contributed by atoms with van der Waals surface area (Å²) in [4.78, 5) is 3.59. The number of hydrogen-bond acceptors (Lipinski definition) is 0. The van der Waals surface area contributed by atoms with E-state index in [1.807, 2.05) is 18.2 Å². The average Bonchev–Trinajstić information content (AvgIpc) is 3.01. The lowest BCUT2D eigenvalue weighted by Gasteiger charge is -2.09. The minimum atomic E-state index is 0.781. The van der Waals surface area contributed by atoms with Crippen LogP contribution in [-0.4, -0.2) is 4.98 Å². The van der Waals surface area contributed by atoms with Gasteiger partial charge >= 0.3 is 0 Å². The summed E-state index contributed by atoms with van der Waals surface area (Å²) in [6.07, 6.45) is 0. The number of halogens is 1. The minimum absolute atomic E-state index is 0.781. The van der Waals surface area contributed by atoms with Gasteiger partial charge in [-0.25, -0.2) is 0 Å². The fourth-order valence-corrected chi connectivity index (χ4v) is 3.88. The highest BCUT2D eigenvalue weighted by Crippen LogP contribution is 2.41. The summed E-state index contributed by atoms with van der Waals surface area (Å²) in [6.45, 7) is 0. The third-order valence-electron chi connectivity index (χ3n) is 4.66. The number of aromatic amines is 1. The number of para-hydroxylation sites is 1. The van der Waals surface area contributed by atoms with Crippen LogP contribution in [0.2, 0.25) is 5.02 Å². The van der Waals surface area contributed by atoms with E-state index in [2.05, 4.69) is 65.6 Å². The second-order valence-corrected chi connectivity index (χ2v) is 6.46. The summed E-state index contributed by atoms with van der Waals surface area (Å²) in [7, 11) is 0. The molecule has 0 spiro atoms. The van der Waals surface area contributed by atoms with Crippen molar-refractivity contribution in [1.29, 1.82) is 0 Å². The standard InChI is InChI=1S/C22H14ClN/c23-18-11-6-9-15-13-17(14-7-2-1-3-8-14)21-16-10-4-5-12-19(16)24-22(21)20(15)18/h1-13,24H. The van der Waals surface area contributed by atoms with Gasteiger partial charge in [0.15, 0.2) is 0 Å². The van der Waals surface area contributed by atoms with E-state index in [0.29, 0.717) is 0 Å². The molecule has 1 N–H and O–H groups in total. The molecule has 4 aromatic carbocycles. The van der Waals surface area contributed by atoms with Crippen molar-refractivity contribution in [2.24, 2.45) is 0 Å². The first kappa shape index (κ1) is 13.6. The molecule has 1 heterocycles. The maximum Gasteiger partial charge on any atom is 0.0565 e. The van der Waals surface area contributed by atoms with Crippen LogP contribution >= 0.6 is 11.6 Å². The number of H-pyrrole nitrogens is 1. The molecule has 0 fully saturated rings. The SMILES string of the molecule is Clc1cccc2cc(-c3ccccc3)c3c4ccccc4[nH]c3c12. The van der Waals surface area contributed by atoms with E-state index in [9.17, 15) is 0 Å². The molecule has 2 heteroatoms. The first-order valence-corrected chi connectivity index (χ1v) is 8.38. The van der Waals surface area contributed by atoms with Crippen LogP contribution in [0, 0.1) is 0 Å². The summed E-state index contributed by atoms with van der Waals surface area (Å²) in [5.74, 6) is 0. The van der Waals surface area contributed by atoms with Gasteiger partial charge in [-0.1, -0.05) is 72.3 Å². The van der Waals surface area contributed by atoms with Crippen LogP contribution in [0.25, 0.3) is 43.7 Å². The van der Waals surface area contributed by atoms with E-state index in [1.54, 1.807) is 0 Å². The molecule has 0 bridgehead atoms. The van der Waals surface area contributed by atoms with Crippen LogP contribution in [0.1, 0.15) is 0 Å². The first-order valence-electron chi connectivity index (χ1n) is 8.00. The highest BCUT2D eigenvalue weighted by atomic mass is 35.5. The number of fused-ring (bicyclic) bond motifs is 5. The van der Waals surface area contributed by atoms with E-state index in [1.165, 1.54) is 21.9 Å².